The number of hydrogen-bond acceptors (Lipinski definition) is 2. The molecule has 0 saturated heterocycles. The number of aromatic nitrogens is 3. The number of nitrogens with zero attached hydrogens (tertiary/aromatic N) is 3. The van der Waals surface area contributed by atoms with Gasteiger partial charge in [-0.05, 0) is 30.3 Å². The molecule has 0 fully saturated rings. The van der Waals surface area contributed by atoms with E-state index in [4.69, 9.17) is 4.98 Å². The monoisotopic (exact) mass is 269 g/mol. The summed E-state index contributed by atoms with van der Waals surface area (Å²) in [5, 5.41) is 2.25. The van der Waals surface area contributed by atoms with Crippen molar-refractivity contribution in [3.05, 3.63) is 66.9 Å². The summed E-state index contributed by atoms with van der Waals surface area (Å²) in [6, 6.07) is 20.7. The fourth-order valence-corrected chi connectivity index (χ4v) is 3.12. The molecule has 3 heterocycles. The Morgan fingerprint density at radius 2 is 1.48 bits per heavy atom. The molecule has 0 aliphatic carbocycles. The third-order valence-corrected chi connectivity index (χ3v) is 4.01. The van der Waals surface area contributed by atoms with E-state index in [2.05, 4.69) is 57.9 Å². The van der Waals surface area contributed by atoms with Crippen LogP contribution < -0.4 is 0 Å². The third kappa shape index (κ3) is 1.32. The van der Waals surface area contributed by atoms with E-state index in [9.17, 15) is 0 Å². The average Bonchev–Trinajstić information content (AvgIpc) is 2.95. The molecule has 3 heteroatoms. The van der Waals surface area contributed by atoms with E-state index in [0.717, 1.165) is 38.5 Å². The average molecular weight is 269 g/mol. The van der Waals surface area contributed by atoms with Crippen molar-refractivity contribution in [1.82, 2.24) is 14.4 Å². The van der Waals surface area contributed by atoms with E-state index in [-0.39, 0.29) is 0 Å². The van der Waals surface area contributed by atoms with Gasteiger partial charge in [0.15, 0.2) is 0 Å². The van der Waals surface area contributed by atoms with Crippen LogP contribution in [-0.2, 0) is 0 Å². The molecule has 0 spiro atoms. The van der Waals surface area contributed by atoms with Crippen molar-refractivity contribution < 1.29 is 0 Å². The van der Waals surface area contributed by atoms with Crippen molar-refractivity contribution in [3.63, 3.8) is 0 Å². The molecule has 0 bridgehead atoms. The fraction of sp³-hybridized carbons (Fsp3) is 0. The van der Waals surface area contributed by atoms with Crippen molar-refractivity contribution in [3.8, 4) is 0 Å². The van der Waals surface area contributed by atoms with Crippen molar-refractivity contribution in [1.29, 1.82) is 0 Å². The number of rotatable bonds is 0. The first-order valence-electron chi connectivity index (χ1n) is 6.96. The molecule has 3 aromatic heterocycles. The minimum Gasteiger partial charge on any atom is -0.292 e. The second-order valence-electron chi connectivity index (χ2n) is 5.18. The zero-order valence-electron chi connectivity index (χ0n) is 11.2. The minimum absolute atomic E-state index is 0.970. The van der Waals surface area contributed by atoms with Crippen LogP contribution >= 0.6 is 0 Å². The van der Waals surface area contributed by atoms with Crippen LogP contribution in [0.25, 0.3) is 38.5 Å². The van der Waals surface area contributed by atoms with E-state index < -0.39 is 0 Å². The van der Waals surface area contributed by atoms with Gasteiger partial charge in [-0.1, -0.05) is 30.3 Å². The standard InChI is InChI=1S/C18H11N3/c1-3-9-15-12(6-1)17-13(7-5-11-19-17)18-20-14-8-2-4-10-16(14)21(15)18/h1-11H. The summed E-state index contributed by atoms with van der Waals surface area (Å²) in [4.78, 5) is 9.39. The van der Waals surface area contributed by atoms with Gasteiger partial charge in [-0.25, -0.2) is 4.98 Å². The highest BCUT2D eigenvalue weighted by Gasteiger charge is 2.12. The second kappa shape index (κ2) is 3.79. The molecule has 0 aliphatic heterocycles. The molecule has 0 atom stereocenters. The summed E-state index contributed by atoms with van der Waals surface area (Å²) >= 11 is 0. The van der Waals surface area contributed by atoms with E-state index in [1.807, 2.05) is 18.3 Å². The highest BCUT2D eigenvalue weighted by Crippen LogP contribution is 2.30. The van der Waals surface area contributed by atoms with Gasteiger partial charge in [-0.3, -0.25) is 9.38 Å². The van der Waals surface area contributed by atoms with E-state index >= 15 is 0 Å². The van der Waals surface area contributed by atoms with Crippen LogP contribution in [0.15, 0.2) is 66.9 Å². The first-order chi connectivity index (χ1) is 10.4. The highest BCUT2D eigenvalue weighted by atomic mass is 15.0. The van der Waals surface area contributed by atoms with Crippen LogP contribution in [0.3, 0.4) is 0 Å². The lowest BCUT2D eigenvalue weighted by atomic mass is 10.1. The Labute approximate surface area is 120 Å². The van der Waals surface area contributed by atoms with Crippen molar-refractivity contribution >= 4 is 38.5 Å². The van der Waals surface area contributed by atoms with Crippen molar-refractivity contribution in [2.75, 3.05) is 0 Å². The molecular weight excluding hydrogens is 258 g/mol. The summed E-state index contributed by atoms with van der Waals surface area (Å²) in [7, 11) is 0. The van der Waals surface area contributed by atoms with Crippen LogP contribution in [0, 0.1) is 0 Å². The first kappa shape index (κ1) is 10.8. The van der Waals surface area contributed by atoms with Crippen LogP contribution in [0.1, 0.15) is 0 Å². The number of pyridine rings is 2. The Balaban J connectivity index is 2.25. The quantitative estimate of drug-likeness (QED) is 0.395. The number of imidazole rings is 1. The van der Waals surface area contributed by atoms with Gasteiger partial charge in [0.1, 0.15) is 5.65 Å². The second-order valence-corrected chi connectivity index (χ2v) is 5.18. The lowest BCUT2D eigenvalue weighted by molar-refractivity contribution is 1.30. The van der Waals surface area contributed by atoms with Crippen LogP contribution in [0.4, 0.5) is 0 Å². The van der Waals surface area contributed by atoms with Gasteiger partial charge in [0.05, 0.1) is 22.1 Å². The number of benzene rings is 2. The Bertz CT molecular complexity index is 1140. The molecule has 98 valence electrons. The molecule has 3 nitrogen and oxygen atoms in total. The van der Waals surface area contributed by atoms with Gasteiger partial charge < -0.3 is 0 Å². The van der Waals surface area contributed by atoms with Gasteiger partial charge >= 0.3 is 0 Å². The van der Waals surface area contributed by atoms with Crippen molar-refractivity contribution in [2.24, 2.45) is 0 Å². The molecule has 0 saturated carbocycles. The predicted molar refractivity (Wildman–Crippen MR) is 85.5 cm³/mol. The number of fused-ring (bicyclic) bond motifs is 8. The molecule has 5 rings (SSSR count). The molecule has 0 amide bonds. The molecular formula is C18H11N3. The van der Waals surface area contributed by atoms with Gasteiger partial charge in [-0.15, -0.1) is 0 Å². The van der Waals surface area contributed by atoms with E-state index in [1.165, 1.54) is 0 Å². The minimum atomic E-state index is 0.970. The molecule has 0 radical (unpaired) electrons. The zero-order chi connectivity index (χ0) is 13.8. The molecule has 0 unspecified atom stereocenters. The van der Waals surface area contributed by atoms with E-state index in [0.29, 0.717) is 0 Å². The Hall–Kier alpha value is -2.94. The Morgan fingerprint density at radius 1 is 0.714 bits per heavy atom. The summed E-state index contributed by atoms with van der Waals surface area (Å²) < 4.78 is 2.23. The first-order valence-corrected chi connectivity index (χ1v) is 6.96. The zero-order valence-corrected chi connectivity index (χ0v) is 11.2. The van der Waals surface area contributed by atoms with E-state index in [1.54, 1.807) is 0 Å². The topological polar surface area (TPSA) is 30.2 Å². The predicted octanol–water partition coefficient (Wildman–Crippen LogP) is 4.19. The molecule has 5 aromatic rings. The maximum Gasteiger partial charge on any atom is 0.147 e. The summed E-state index contributed by atoms with van der Waals surface area (Å²) in [5.41, 5.74) is 5.27. The third-order valence-electron chi connectivity index (χ3n) is 4.01. The maximum absolute atomic E-state index is 4.82. The van der Waals surface area contributed by atoms with Gasteiger partial charge in [-0.2, -0.15) is 0 Å². The SMILES string of the molecule is c1ccc2c(c1)nc1c3cccnc3c3ccccc3n21. The molecule has 0 N–H and O–H groups in total. The van der Waals surface area contributed by atoms with Crippen LogP contribution in [0.5, 0.6) is 0 Å². The highest BCUT2D eigenvalue weighted by molar-refractivity contribution is 6.11. The number of hydrogen-bond donors (Lipinski definition) is 0. The molecule has 0 aliphatic rings. The molecule has 2 aromatic carbocycles. The van der Waals surface area contributed by atoms with Gasteiger partial charge in [0.25, 0.3) is 0 Å². The lowest BCUT2D eigenvalue weighted by Gasteiger charge is -2.07. The fourth-order valence-electron chi connectivity index (χ4n) is 3.12. The van der Waals surface area contributed by atoms with Crippen molar-refractivity contribution in [2.45, 2.75) is 0 Å². The normalized spacial score (nSPS) is 11.8. The summed E-state index contributed by atoms with van der Waals surface area (Å²) in [6.45, 7) is 0. The van der Waals surface area contributed by atoms with Gasteiger partial charge in [0, 0.05) is 17.0 Å². The maximum atomic E-state index is 4.82. The lowest BCUT2D eigenvalue weighted by Crippen LogP contribution is -1.92. The van der Waals surface area contributed by atoms with Crippen LogP contribution in [0.2, 0.25) is 0 Å². The Kier molecular flexibility index (Phi) is 1.95. The summed E-state index contributed by atoms with van der Waals surface area (Å²) in [5.74, 6) is 0. The molecule has 21 heavy (non-hydrogen) atoms. The summed E-state index contributed by atoms with van der Waals surface area (Å²) in [6.07, 6.45) is 1.84. The van der Waals surface area contributed by atoms with Crippen LogP contribution in [-0.4, -0.2) is 14.4 Å². The largest absolute Gasteiger partial charge is 0.292 e. The van der Waals surface area contributed by atoms with Gasteiger partial charge in [0.2, 0.25) is 0 Å². The number of para-hydroxylation sites is 3. The Morgan fingerprint density at radius 3 is 2.43 bits per heavy atom. The smallest absolute Gasteiger partial charge is 0.147 e.